The van der Waals surface area contributed by atoms with E-state index in [1.165, 1.54) is 17.3 Å². The van der Waals surface area contributed by atoms with Gasteiger partial charge in [-0.05, 0) is 37.5 Å². The molecule has 0 fully saturated rings. The maximum Gasteiger partial charge on any atom is 0.253 e. The first-order chi connectivity index (χ1) is 14.6. The summed E-state index contributed by atoms with van der Waals surface area (Å²) in [6.07, 6.45) is 0.732. The minimum absolute atomic E-state index is 0.0514. The molecule has 1 unspecified atom stereocenters. The Morgan fingerprint density at radius 1 is 1.03 bits per heavy atom. The fourth-order valence-corrected chi connectivity index (χ4v) is 3.99. The van der Waals surface area contributed by atoms with E-state index in [0.717, 1.165) is 23.4 Å². The topological polar surface area (TPSA) is 72.2 Å². The first-order valence-corrected chi connectivity index (χ1v) is 10.8. The molecule has 1 N–H and O–H groups in total. The molecular formula is C23H23N5OS. The van der Waals surface area contributed by atoms with Gasteiger partial charge in [0.15, 0.2) is 0 Å². The predicted molar refractivity (Wildman–Crippen MR) is 118 cm³/mol. The number of amides is 1. The molecular weight excluding hydrogens is 394 g/mol. The van der Waals surface area contributed by atoms with Gasteiger partial charge in [0.1, 0.15) is 0 Å². The molecule has 2 heterocycles. The van der Waals surface area contributed by atoms with E-state index < -0.39 is 0 Å². The maximum absolute atomic E-state index is 12.7. The van der Waals surface area contributed by atoms with Gasteiger partial charge in [0.25, 0.3) is 5.78 Å². The Bertz CT molecular complexity index is 1140. The molecule has 0 saturated carbocycles. The molecule has 1 atom stereocenters. The number of hydrogen-bond acceptors (Lipinski definition) is 5. The van der Waals surface area contributed by atoms with Crippen molar-refractivity contribution < 1.29 is 4.79 Å². The molecule has 0 bridgehead atoms. The molecule has 4 rings (SSSR count). The minimum Gasteiger partial charge on any atom is -0.348 e. The normalized spacial score (nSPS) is 12.1. The molecule has 0 aliphatic carbocycles. The minimum atomic E-state index is -0.0951. The number of hydrogen-bond donors (Lipinski definition) is 1. The van der Waals surface area contributed by atoms with Crippen molar-refractivity contribution in [3.8, 4) is 0 Å². The van der Waals surface area contributed by atoms with Gasteiger partial charge in [0.05, 0.1) is 11.8 Å². The lowest BCUT2D eigenvalue weighted by atomic mass is 9.99. The third-order valence-corrected chi connectivity index (χ3v) is 5.59. The number of carbonyl (C=O) groups excluding carboxylic acids is 1. The van der Waals surface area contributed by atoms with Gasteiger partial charge in [-0.1, -0.05) is 72.4 Å². The maximum atomic E-state index is 12.7. The fraction of sp³-hybridized carbons (Fsp3) is 0.217. The average Bonchev–Trinajstić information content (AvgIpc) is 3.16. The van der Waals surface area contributed by atoms with Crippen LogP contribution in [-0.4, -0.2) is 31.2 Å². The number of nitrogens with zero attached hydrogens (tertiary/aromatic N) is 4. The first kappa shape index (κ1) is 20.1. The smallest absolute Gasteiger partial charge is 0.253 e. The molecule has 2 aromatic heterocycles. The molecule has 1 amide bonds. The van der Waals surface area contributed by atoms with E-state index in [4.69, 9.17) is 0 Å². The van der Waals surface area contributed by atoms with Crippen molar-refractivity contribution in [2.45, 2.75) is 31.5 Å². The number of benzene rings is 2. The van der Waals surface area contributed by atoms with Gasteiger partial charge in [-0.3, -0.25) is 4.79 Å². The van der Waals surface area contributed by atoms with Crippen LogP contribution in [0.4, 0.5) is 0 Å². The Hall–Kier alpha value is -3.19. The monoisotopic (exact) mass is 417 g/mol. The van der Waals surface area contributed by atoms with Crippen molar-refractivity contribution in [3.05, 3.63) is 89.2 Å². The highest BCUT2D eigenvalue weighted by atomic mass is 32.2. The number of nitrogens with one attached hydrogen (secondary N) is 1. The standard InChI is InChI=1S/C23H23N5OS/c1-16-13-17(2)28-22(24-16)26-23(27-28)30-15-21(29)25-20(19-11-7-4-8-12-19)14-18-9-5-3-6-10-18/h3-13,20H,14-15H2,1-2H3,(H,25,29). The lowest BCUT2D eigenvalue weighted by Gasteiger charge is -2.19. The predicted octanol–water partition coefficient (Wildman–Crippen LogP) is 3.93. The van der Waals surface area contributed by atoms with Crippen molar-refractivity contribution >= 4 is 23.4 Å². The lowest BCUT2D eigenvalue weighted by molar-refractivity contribution is -0.119. The van der Waals surface area contributed by atoms with E-state index >= 15 is 0 Å². The van der Waals surface area contributed by atoms with Crippen molar-refractivity contribution in [1.29, 1.82) is 0 Å². The molecule has 0 aliphatic rings. The zero-order chi connectivity index (χ0) is 20.9. The lowest BCUT2D eigenvalue weighted by Crippen LogP contribution is -2.31. The van der Waals surface area contributed by atoms with Crippen LogP contribution in [0, 0.1) is 13.8 Å². The van der Waals surface area contributed by atoms with Crippen molar-refractivity contribution in [2.75, 3.05) is 5.75 Å². The molecule has 152 valence electrons. The molecule has 2 aromatic carbocycles. The SMILES string of the molecule is Cc1cc(C)n2nc(SCC(=O)NC(Cc3ccccc3)c3ccccc3)nc2n1. The van der Waals surface area contributed by atoms with Crippen LogP contribution in [0.15, 0.2) is 71.9 Å². The van der Waals surface area contributed by atoms with E-state index in [1.54, 1.807) is 4.52 Å². The van der Waals surface area contributed by atoms with Gasteiger partial charge >= 0.3 is 0 Å². The Morgan fingerprint density at radius 2 is 1.73 bits per heavy atom. The summed E-state index contributed by atoms with van der Waals surface area (Å²) >= 11 is 1.32. The highest BCUT2D eigenvalue weighted by Gasteiger charge is 2.16. The largest absolute Gasteiger partial charge is 0.348 e. The van der Waals surface area contributed by atoms with Gasteiger partial charge in [-0.15, -0.1) is 5.10 Å². The van der Waals surface area contributed by atoms with Crippen LogP contribution in [0.1, 0.15) is 28.6 Å². The Morgan fingerprint density at radius 3 is 2.47 bits per heavy atom. The molecule has 6 nitrogen and oxygen atoms in total. The summed E-state index contributed by atoms with van der Waals surface area (Å²) in [4.78, 5) is 21.5. The third kappa shape index (κ3) is 4.86. The summed E-state index contributed by atoms with van der Waals surface area (Å²) in [6, 6.07) is 22.1. The van der Waals surface area contributed by atoms with Gasteiger partial charge in [-0.2, -0.15) is 4.98 Å². The van der Waals surface area contributed by atoms with E-state index in [2.05, 4.69) is 32.5 Å². The Kier molecular flexibility index (Phi) is 6.09. The molecule has 0 spiro atoms. The second-order valence-corrected chi connectivity index (χ2v) is 8.10. The van der Waals surface area contributed by atoms with Crippen LogP contribution in [0.2, 0.25) is 0 Å². The summed E-state index contributed by atoms with van der Waals surface area (Å²) in [7, 11) is 0. The zero-order valence-corrected chi connectivity index (χ0v) is 17.8. The van der Waals surface area contributed by atoms with Gasteiger partial charge in [0, 0.05) is 11.4 Å². The number of rotatable bonds is 7. The van der Waals surface area contributed by atoms with E-state index in [9.17, 15) is 4.79 Å². The fourth-order valence-electron chi connectivity index (χ4n) is 3.36. The van der Waals surface area contributed by atoms with Crippen molar-refractivity contribution in [3.63, 3.8) is 0 Å². The van der Waals surface area contributed by atoms with E-state index in [-0.39, 0.29) is 17.7 Å². The van der Waals surface area contributed by atoms with Crippen molar-refractivity contribution in [2.24, 2.45) is 0 Å². The van der Waals surface area contributed by atoms with Gasteiger partial charge in [0.2, 0.25) is 11.1 Å². The quantitative estimate of drug-likeness (QED) is 0.461. The Balaban J connectivity index is 1.44. The van der Waals surface area contributed by atoms with Crippen LogP contribution in [0.25, 0.3) is 5.78 Å². The Labute approximate surface area is 179 Å². The molecule has 30 heavy (non-hydrogen) atoms. The van der Waals surface area contributed by atoms with Gasteiger partial charge in [-0.25, -0.2) is 9.50 Å². The summed E-state index contributed by atoms with van der Waals surface area (Å²) in [5.74, 6) is 0.749. The molecule has 0 radical (unpaired) electrons. The van der Waals surface area contributed by atoms with E-state index in [0.29, 0.717) is 10.9 Å². The van der Waals surface area contributed by atoms with Crippen LogP contribution < -0.4 is 5.32 Å². The summed E-state index contributed by atoms with van der Waals surface area (Å²) < 4.78 is 1.70. The summed E-state index contributed by atoms with van der Waals surface area (Å²) in [5, 5.41) is 8.17. The molecule has 7 heteroatoms. The molecule has 0 saturated heterocycles. The van der Waals surface area contributed by atoms with Crippen LogP contribution in [0.3, 0.4) is 0 Å². The van der Waals surface area contributed by atoms with Gasteiger partial charge < -0.3 is 5.32 Å². The number of carbonyl (C=O) groups is 1. The number of fused-ring (bicyclic) bond motifs is 1. The average molecular weight is 418 g/mol. The summed E-state index contributed by atoms with van der Waals surface area (Å²) in [5.41, 5.74) is 4.13. The van der Waals surface area contributed by atoms with Crippen LogP contribution >= 0.6 is 11.8 Å². The van der Waals surface area contributed by atoms with Crippen molar-refractivity contribution in [1.82, 2.24) is 24.9 Å². The van der Waals surface area contributed by atoms with Crippen LogP contribution in [0.5, 0.6) is 0 Å². The first-order valence-electron chi connectivity index (χ1n) is 9.80. The van der Waals surface area contributed by atoms with E-state index in [1.807, 2.05) is 68.4 Å². The third-order valence-electron chi connectivity index (χ3n) is 4.75. The number of aromatic nitrogens is 4. The van der Waals surface area contributed by atoms with Crippen LogP contribution in [-0.2, 0) is 11.2 Å². The number of aryl methyl sites for hydroxylation is 2. The second-order valence-electron chi connectivity index (χ2n) is 7.15. The number of thioether (sulfide) groups is 1. The summed E-state index contributed by atoms with van der Waals surface area (Å²) in [6.45, 7) is 3.89. The molecule has 4 aromatic rings. The molecule has 0 aliphatic heterocycles. The zero-order valence-electron chi connectivity index (χ0n) is 16.9. The highest BCUT2D eigenvalue weighted by molar-refractivity contribution is 7.99. The second kappa shape index (κ2) is 9.09. The highest BCUT2D eigenvalue weighted by Crippen LogP contribution is 2.20.